The van der Waals surface area contributed by atoms with Crippen molar-refractivity contribution in [3.63, 3.8) is 0 Å². The number of aliphatic hydroxyl groups is 2. The second-order valence-electron chi connectivity index (χ2n) is 6.33. The number of nitrogens with zero attached hydrogens (tertiary/aromatic N) is 2. The van der Waals surface area contributed by atoms with Crippen molar-refractivity contribution in [3.05, 3.63) is 71.8 Å². The van der Waals surface area contributed by atoms with Crippen LogP contribution in [0.4, 0.5) is 0 Å². The molecule has 136 valence electrons. The van der Waals surface area contributed by atoms with E-state index in [0.29, 0.717) is 13.1 Å². The number of nitriles is 1. The monoisotopic (exact) mass is 352 g/mol. The molecule has 0 aromatic heterocycles. The van der Waals surface area contributed by atoms with Gasteiger partial charge in [0.2, 0.25) is 5.91 Å². The fourth-order valence-electron chi connectivity index (χ4n) is 2.76. The van der Waals surface area contributed by atoms with Crippen molar-refractivity contribution >= 4 is 5.91 Å². The predicted octanol–water partition coefficient (Wildman–Crippen LogP) is 2.63. The van der Waals surface area contributed by atoms with Crippen LogP contribution in [0, 0.1) is 11.3 Å². The lowest BCUT2D eigenvalue weighted by atomic mass is 10.1. The average molecular weight is 352 g/mol. The largest absolute Gasteiger partial charge is 0.392 e. The Kier molecular flexibility index (Phi) is 7.81. The van der Waals surface area contributed by atoms with Gasteiger partial charge in [-0.25, -0.2) is 0 Å². The molecule has 0 aliphatic carbocycles. The Morgan fingerprint density at radius 1 is 0.923 bits per heavy atom. The lowest BCUT2D eigenvalue weighted by Crippen LogP contribution is -2.33. The van der Waals surface area contributed by atoms with Crippen LogP contribution in [-0.4, -0.2) is 33.2 Å². The molecule has 2 aromatic rings. The zero-order valence-electron chi connectivity index (χ0n) is 14.7. The SMILES string of the molecule is N#CCC(O)CC(O)CC(=O)N(Cc1ccccc1)Cc1ccccc1. The molecule has 0 radical (unpaired) electrons. The molecule has 0 aliphatic rings. The van der Waals surface area contributed by atoms with Crippen LogP contribution < -0.4 is 0 Å². The number of carbonyl (C=O) groups excluding carboxylic acids is 1. The summed E-state index contributed by atoms with van der Waals surface area (Å²) in [6.07, 6.45) is -2.01. The van der Waals surface area contributed by atoms with E-state index in [0.717, 1.165) is 11.1 Å². The first kappa shape index (κ1) is 19.6. The van der Waals surface area contributed by atoms with E-state index in [1.807, 2.05) is 66.7 Å². The normalized spacial score (nSPS) is 12.8. The standard InChI is InChI=1S/C21H24N2O3/c22-12-11-19(24)13-20(25)14-21(26)23(15-17-7-3-1-4-8-17)16-18-9-5-2-6-10-18/h1-10,19-20,24-25H,11,13-16H2. The molecule has 2 aromatic carbocycles. The van der Waals surface area contributed by atoms with E-state index < -0.39 is 12.2 Å². The van der Waals surface area contributed by atoms with E-state index in [1.165, 1.54) is 0 Å². The van der Waals surface area contributed by atoms with Gasteiger partial charge in [-0.2, -0.15) is 5.26 Å². The van der Waals surface area contributed by atoms with Gasteiger partial charge in [0, 0.05) is 19.5 Å². The summed E-state index contributed by atoms with van der Waals surface area (Å²) in [5.41, 5.74) is 2.02. The molecule has 1 amide bonds. The van der Waals surface area contributed by atoms with Crippen molar-refractivity contribution in [2.24, 2.45) is 0 Å². The summed E-state index contributed by atoms with van der Waals surface area (Å²) in [4.78, 5) is 14.4. The maximum atomic E-state index is 12.7. The molecule has 2 unspecified atom stereocenters. The summed E-state index contributed by atoms with van der Waals surface area (Å²) < 4.78 is 0. The first-order valence-corrected chi connectivity index (χ1v) is 8.67. The smallest absolute Gasteiger partial charge is 0.225 e. The first-order valence-electron chi connectivity index (χ1n) is 8.67. The van der Waals surface area contributed by atoms with Crippen LogP contribution in [0.3, 0.4) is 0 Å². The fraction of sp³-hybridized carbons (Fsp3) is 0.333. The van der Waals surface area contributed by atoms with Gasteiger partial charge < -0.3 is 15.1 Å². The molecule has 0 aliphatic heterocycles. The molecule has 2 rings (SSSR count). The van der Waals surface area contributed by atoms with Crippen LogP contribution in [0.1, 0.15) is 30.4 Å². The number of amides is 1. The molecule has 5 heteroatoms. The summed E-state index contributed by atoms with van der Waals surface area (Å²) in [5.74, 6) is -0.186. The first-order chi connectivity index (χ1) is 12.6. The highest BCUT2D eigenvalue weighted by Crippen LogP contribution is 2.14. The molecule has 0 spiro atoms. The van der Waals surface area contributed by atoms with Crippen molar-refractivity contribution in [1.29, 1.82) is 5.26 Å². The van der Waals surface area contributed by atoms with Crippen LogP contribution in [0.2, 0.25) is 0 Å². The van der Waals surface area contributed by atoms with E-state index in [1.54, 1.807) is 4.90 Å². The van der Waals surface area contributed by atoms with Crippen molar-refractivity contribution in [2.75, 3.05) is 0 Å². The molecule has 26 heavy (non-hydrogen) atoms. The van der Waals surface area contributed by atoms with Crippen molar-refractivity contribution in [3.8, 4) is 6.07 Å². The third kappa shape index (κ3) is 6.67. The van der Waals surface area contributed by atoms with Gasteiger partial charge in [0.05, 0.1) is 31.1 Å². The van der Waals surface area contributed by atoms with Crippen molar-refractivity contribution in [2.45, 2.75) is 44.6 Å². The van der Waals surface area contributed by atoms with E-state index >= 15 is 0 Å². The van der Waals surface area contributed by atoms with E-state index in [2.05, 4.69) is 0 Å². The topological polar surface area (TPSA) is 84.6 Å². The lowest BCUT2D eigenvalue weighted by Gasteiger charge is -2.25. The molecule has 5 nitrogen and oxygen atoms in total. The fourth-order valence-corrected chi connectivity index (χ4v) is 2.76. The van der Waals surface area contributed by atoms with Gasteiger partial charge >= 0.3 is 0 Å². The number of benzene rings is 2. The highest BCUT2D eigenvalue weighted by molar-refractivity contribution is 5.76. The number of carbonyl (C=O) groups is 1. The molecule has 0 bridgehead atoms. The highest BCUT2D eigenvalue weighted by Gasteiger charge is 2.20. The number of rotatable bonds is 9. The van der Waals surface area contributed by atoms with Gasteiger partial charge in [0.25, 0.3) is 0 Å². The van der Waals surface area contributed by atoms with Gasteiger partial charge in [0.1, 0.15) is 0 Å². The third-order valence-electron chi connectivity index (χ3n) is 4.07. The van der Waals surface area contributed by atoms with Gasteiger partial charge in [-0.1, -0.05) is 60.7 Å². The number of hydrogen-bond acceptors (Lipinski definition) is 4. The molecule has 0 heterocycles. The molecule has 0 saturated heterocycles. The van der Waals surface area contributed by atoms with E-state index in [4.69, 9.17) is 5.26 Å². The molecule has 0 fully saturated rings. The number of hydrogen-bond donors (Lipinski definition) is 2. The van der Waals surface area contributed by atoms with Crippen LogP contribution in [0.5, 0.6) is 0 Å². The Bertz CT molecular complexity index is 672. The minimum atomic E-state index is -0.972. The molecular weight excluding hydrogens is 328 g/mol. The Labute approximate surface area is 154 Å². The summed E-state index contributed by atoms with van der Waals surface area (Å²) in [6, 6.07) is 21.2. The summed E-state index contributed by atoms with van der Waals surface area (Å²) in [7, 11) is 0. The molecule has 2 N–H and O–H groups in total. The van der Waals surface area contributed by atoms with Gasteiger partial charge in [0.15, 0.2) is 0 Å². The van der Waals surface area contributed by atoms with Gasteiger partial charge in [-0.15, -0.1) is 0 Å². The second-order valence-corrected chi connectivity index (χ2v) is 6.33. The Hall–Kier alpha value is -2.68. The average Bonchev–Trinajstić information content (AvgIpc) is 2.63. The summed E-state index contributed by atoms with van der Waals surface area (Å²) in [5, 5.41) is 28.3. The van der Waals surface area contributed by atoms with Gasteiger partial charge in [-0.05, 0) is 11.1 Å². The Morgan fingerprint density at radius 3 is 1.88 bits per heavy atom. The van der Waals surface area contributed by atoms with Crippen molar-refractivity contribution in [1.82, 2.24) is 4.90 Å². The third-order valence-corrected chi connectivity index (χ3v) is 4.07. The quantitative estimate of drug-likeness (QED) is 0.726. The maximum Gasteiger partial charge on any atom is 0.225 e. The zero-order chi connectivity index (χ0) is 18.8. The van der Waals surface area contributed by atoms with Crippen LogP contribution in [0.25, 0.3) is 0 Å². The van der Waals surface area contributed by atoms with Crippen LogP contribution in [0.15, 0.2) is 60.7 Å². The molecular formula is C21H24N2O3. The Morgan fingerprint density at radius 2 is 1.42 bits per heavy atom. The lowest BCUT2D eigenvalue weighted by molar-refractivity contribution is -0.134. The molecule has 0 saturated carbocycles. The van der Waals surface area contributed by atoms with Crippen LogP contribution >= 0.6 is 0 Å². The van der Waals surface area contributed by atoms with Crippen LogP contribution in [-0.2, 0) is 17.9 Å². The Balaban J connectivity index is 2.04. The minimum Gasteiger partial charge on any atom is -0.392 e. The minimum absolute atomic E-state index is 0.0177. The summed E-state index contributed by atoms with van der Waals surface area (Å²) >= 11 is 0. The second kappa shape index (κ2) is 10.3. The predicted molar refractivity (Wildman–Crippen MR) is 98.6 cm³/mol. The maximum absolute atomic E-state index is 12.7. The summed E-state index contributed by atoms with van der Waals surface area (Å²) in [6.45, 7) is 0.893. The zero-order valence-corrected chi connectivity index (χ0v) is 14.7. The van der Waals surface area contributed by atoms with E-state index in [9.17, 15) is 15.0 Å². The highest BCUT2D eigenvalue weighted by atomic mass is 16.3. The number of aliphatic hydroxyl groups excluding tert-OH is 2. The van der Waals surface area contributed by atoms with Gasteiger partial charge in [-0.3, -0.25) is 4.79 Å². The van der Waals surface area contributed by atoms with Crippen molar-refractivity contribution < 1.29 is 15.0 Å². The molecule has 2 atom stereocenters. The van der Waals surface area contributed by atoms with E-state index in [-0.39, 0.29) is 25.2 Å².